The standard InChI is InChI=1S/2C24H24FN3O4/c2*1-4-27-22(14-31-12-16-8-6-5-7-9-16)26-28(24(27)30)21-11-17-18(10-20(21)25)23(29)32-13-19(17)15(2)3/h2*5-11,13,15H,4,12,14H2,1-3H3. The first kappa shape index (κ1) is 45.0. The summed E-state index contributed by atoms with van der Waals surface area (Å²) in [5.74, 6) is -0.608. The Hall–Kier alpha value is -7.04. The van der Waals surface area contributed by atoms with Gasteiger partial charge >= 0.3 is 22.6 Å². The SMILES string of the molecule is CCn1c(COCc2ccccc2)nn(-c2cc3c(C(C)C)coc(=O)c3cc2F)c1=O.CCn1c(COCc2ccccc2)nn(-c2cc3c(C(C)C)coc(=O)c3cc2F)c1=O. The fourth-order valence-corrected chi connectivity index (χ4v) is 7.35. The molecule has 332 valence electrons. The smallest absolute Gasteiger partial charge is 0.350 e. The van der Waals surface area contributed by atoms with E-state index in [0.29, 0.717) is 48.7 Å². The van der Waals surface area contributed by atoms with Crippen molar-refractivity contribution in [3.63, 3.8) is 0 Å². The largest absolute Gasteiger partial charge is 0.431 e. The highest BCUT2D eigenvalue weighted by Gasteiger charge is 2.22. The predicted molar refractivity (Wildman–Crippen MR) is 237 cm³/mol. The first-order valence-corrected chi connectivity index (χ1v) is 20.9. The number of benzene rings is 4. The van der Waals surface area contributed by atoms with Gasteiger partial charge in [-0.05, 0) is 83.0 Å². The Morgan fingerprint density at radius 3 is 1.27 bits per heavy atom. The molecular weight excluding hydrogens is 827 g/mol. The fraction of sp³-hybridized carbons (Fsp3) is 0.292. The van der Waals surface area contributed by atoms with E-state index in [4.69, 9.17) is 18.3 Å². The summed E-state index contributed by atoms with van der Waals surface area (Å²) in [5.41, 5.74) is 1.24. The maximum Gasteiger partial charge on any atom is 0.350 e. The molecule has 8 aromatic rings. The van der Waals surface area contributed by atoms with Crippen LogP contribution in [0.2, 0.25) is 0 Å². The van der Waals surface area contributed by atoms with Gasteiger partial charge in [0.25, 0.3) is 0 Å². The maximum atomic E-state index is 15.0. The van der Waals surface area contributed by atoms with Gasteiger partial charge in [0, 0.05) is 13.1 Å². The lowest BCUT2D eigenvalue weighted by molar-refractivity contribution is 0.0989. The summed E-state index contributed by atoms with van der Waals surface area (Å²) < 4.78 is 56.5. The summed E-state index contributed by atoms with van der Waals surface area (Å²) in [6.07, 6.45) is 2.76. The average Bonchev–Trinajstić information content (AvgIpc) is 3.78. The van der Waals surface area contributed by atoms with Gasteiger partial charge in [0.1, 0.15) is 36.2 Å². The number of hydrogen-bond donors (Lipinski definition) is 0. The lowest BCUT2D eigenvalue weighted by atomic mass is 9.99. The maximum absolute atomic E-state index is 15.0. The Kier molecular flexibility index (Phi) is 13.8. The molecule has 14 nitrogen and oxygen atoms in total. The van der Waals surface area contributed by atoms with Crippen LogP contribution in [0, 0.1) is 11.6 Å². The molecule has 4 heterocycles. The van der Waals surface area contributed by atoms with E-state index >= 15 is 0 Å². The number of aromatic nitrogens is 6. The van der Waals surface area contributed by atoms with Crippen LogP contribution >= 0.6 is 0 Å². The van der Waals surface area contributed by atoms with Crippen molar-refractivity contribution in [2.75, 3.05) is 0 Å². The van der Waals surface area contributed by atoms with Crippen LogP contribution in [0.1, 0.15) is 87.3 Å². The normalized spacial score (nSPS) is 11.5. The highest BCUT2D eigenvalue weighted by molar-refractivity contribution is 5.87. The van der Waals surface area contributed by atoms with Crippen LogP contribution in [0.5, 0.6) is 0 Å². The quantitative estimate of drug-likeness (QED) is 0.104. The van der Waals surface area contributed by atoms with E-state index in [0.717, 1.165) is 43.8 Å². The summed E-state index contributed by atoms with van der Waals surface area (Å²) in [6, 6.07) is 24.5. The lowest BCUT2D eigenvalue weighted by Crippen LogP contribution is -2.24. The Morgan fingerprint density at radius 1 is 0.547 bits per heavy atom. The molecule has 0 saturated carbocycles. The number of fused-ring (bicyclic) bond motifs is 2. The molecule has 0 N–H and O–H groups in total. The van der Waals surface area contributed by atoms with Crippen molar-refractivity contribution >= 4 is 21.5 Å². The molecule has 0 amide bonds. The molecule has 0 aliphatic carbocycles. The second kappa shape index (κ2) is 19.6. The summed E-state index contributed by atoms with van der Waals surface area (Å²) >= 11 is 0. The second-order valence-corrected chi connectivity index (χ2v) is 15.6. The molecule has 0 saturated heterocycles. The van der Waals surface area contributed by atoms with Gasteiger partial charge in [-0.3, -0.25) is 9.13 Å². The van der Waals surface area contributed by atoms with Crippen molar-refractivity contribution in [1.29, 1.82) is 0 Å². The third-order valence-electron chi connectivity index (χ3n) is 10.7. The zero-order chi connectivity index (χ0) is 45.7. The summed E-state index contributed by atoms with van der Waals surface area (Å²) in [5, 5.41) is 10.0. The third kappa shape index (κ3) is 9.33. The van der Waals surface area contributed by atoms with E-state index in [1.807, 2.05) is 102 Å². The van der Waals surface area contributed by atoms with Gasteiger partial charge in [-0.2, -0.15) is 9.36 Å². The van der Waals surface area contributed by atoms with E-state index in [1.54, 1.807) is 0 Å². The van der Waals surface area contributed by atoms with Gasteiger partial charge in [0.05, 0.1) is 36.5 Å². The molecule has 0 spiro atoms. The van der Waals surface area contributed by atoms with E-state index in [1.165, 1.54) is 33.8 Å². The average molecular weight is 875 g/mol. The van der Waals surface area contributed by atoms with Crippen LogP contribution in [0.3, 0.4) is 0 Å². The summed E-state index contributed by atoms with van der Waals surface area (Å²) in [6.45, 7) is 13.0. The topological polar surface area (TPSA) is 159 Å². The Morgan fingerprint density at radius 2 is 0.922 bits per heavy atom. The third-order valence-corrected chi connectivity index (χ3v) is 10.7. The second-order valence-electron chi connectivity index (χ2n) is 15.6. The monoisotopic (exact) mass is 874 g/mol. The summed E-state index contributed by atoms with van der Waals surface area (Å²) in [4.78, 5) is 50.2. The molecule has 0 aliphatic rings. The molecule has 0 fully saturated rings. The Labute approximate surface area is 365 Å². The Balaban J connectivity index is 0.000000191. The molecular formula is C48H48F2N6O8. The van der Waals surface area contributed by atoms with Crippen molar-refractivity contribution in [1.82, 2.24) is 28.7 Å². The molecule has 64 heavy (non-hydrogen) atoms. The Bertz CT molecular complexity index is 2950. The zero-order valence-electron chi connectivity index (χ0n) is 36.3. The highest BCUT2D eigenvalue weighted by Crippen LogP contribution is 2.28. The van der Waals surface area contributed by atoms with Crippen LogP contribution in [-0.4, -0.2) is 28.7 Å². The van der Waals surface area contributed by atoms with Crippen LogP contribution in [0.4, 0.5) is 8.78 Å². The van der Waals surface area contributed by atoms with Crippen LogP contribution < -0.4 is 22.6 Å². The number of ether oxygens (including phenoxy) is 2. The van der Waals surface area contributed by atoms with Crippen LogP contribution in [0.15, 0.2) is 125 Å². The lowest BCUT2D eigenvalue weighted by Gasteiger charge is -2.10. The number of hydrogen-bond acceptors (Lipinski definition) is 10. The number of halogens is 2. The molecule has 0 bridgehead atoms. The van der Waals surface area contributed by atoms with Gasteiger partial charge in [0.2, 0.25) is 0 Å². The molecule has 0 unspecified atom stereocenters. The van der Waals surface area contributed by atoms with Crippen molar-refractivity contribution < 1.29 is 27.1 Å². The van der Waals surface area contributed by atoms with Gasteiger partial charge in [-0.25, -0.2) is 28.0 Å². The van der Waals surface area contributed by atoms with Gasteiger partial charge in [-0.15, -0.1) is 10.2 Å². The van der Waals surface area contributed by atoms with Gasteiger partial charge in [0.15, 0.2) is 11.6 Å². The molecule has 4 aromatic carbocycles. The molecule has 8 rings (SSSR count). The predicted octanol–water partition coefficient (Wildman–Crippen LogP) is 8.28. The molecule has 0 radical (unpaired) electrons. The minimum atomic E-state index is -0.731. The van der Waals surface area contributed by atoms with Gasteiger partial charge in [-0.1, -0.05) is 88.4 Å². The highest BCUT2D eigenvalue weighted by atomic mass is 19.1. The van der Waals surface area contributed by atoms with E-state index in [-0.39, 0.29) is 47.2 Å². The van der Waals surface area contributed by atoms with Crippen LogP contribution in [-0.2, 0) is 49.0 Å². The molecule has 0 atom stereocenters. The van der Waals surface area contributed by atoms with E-state index in [9.17, 15) is 28.0 Å². The number of rotatable bonds is 14. The van der Waals surface area contributed by atoms with Crippen LogP contribution in [0.25, 0.3) is 32.9 Å². The van der Waals surface area contributed by atoms with E-state index in [2.05, 4.69) is 10.2 Å². The molecule has 0 aliphatic heterocycles. The van der Waals surface area contributed by atoms with Crippen molar-refractivity contribution in [2.45, 2.75) is 92.9 Å². The fourth-order valence-electron chi connectivity index (χ4n) is 7.35. The molecule has 16 heteroatoms. The molecule has 4 aromatic heterocycles. The zero-order valence-corrected chi connectivity index (χ0v) is 36.3. The minimum absolute atomic E-state index is 0.0218. The van der Waals surface area contributed by atoms with Gasteiger partial charge < -0.3 is 18.3 Å². The van der Waals surface area contributed by atoms with E-state index < -0.39 is 34.3 Å². The summed E-state index contributed by atoms with van der Waals surface area (Å²) in [7, 11) is 0. The minimum Gasteiger partial charge on any atom is -0.431 e. The van der Waals surface area contributed by atoms with Crippen molar-refractivity contribution in [3.05, 3.63) is 185 Å². The first-order chi connectivity index (χ1) is 30.8. The van der Waals surface area contributed by atoms with Crippen molar-refractivity contribution in [3.8, 4) is 11.4 Å². The number of nitrogens with zero attached hydrogens (tertiary/aromatic N) is 6. The van der Waals surface area contributed by atoms with Crippen molar-refractivity contribution in [2.24, 2.45) is 0 Å². The first-order valence-electron chi connectivity index (χ1n) is 20.9.